The van der Waals surface area contributed by atoms with Crippen molar-refractivity contribution in [2.24, 2.45) is 0 Å². The van der Waals surface area contributed by atoms with Crippen LogP contribution >= 0.6 is 12.2 Å². The van der Waals surface area contributed by atoms with E-state index in [1.54, 1.807) is 6.33 Å². The first-order valence-corrected chi connectivity index (χ1v) is 16.7. The van der Waals surface area contributed by atoms with E-state index < -0.39 is 0 Å². The number of hydrogen-bond acceptors (Lipinski definition) is 9. The van der Waals surface area contributed by atoms with Crippen LogP contribution < -0.4 is 28.4 Å². The molecule has 5 aromatic rings. The normalized spacial score (nSPS) is 17.8. The zero-order chi connectivity index (χ0) is 32.6. The Kier molecular flexibility index (Phi) is 8.09. The Morgan fingerprint density at radius 1 is 0.708 bits per heavy atom. The number of para-hydroxylation sites is 2. The van der Waals surface area contributed by atoms with Gasteiger partial charge in [-0.15, -0.1) is 10.2 Å². The molecule has 0 N–H and O–H groups in total. The summed E-state index contributed by atoms with van der Waals surface area (Å²) in [6.07, 6.45) is 4.21. The first kappa shape index (κ1) is 30.3. The molecule has 0 amide bonds. The number of nitrogens with zero attached hydrogens (tertiary/aromatic N) is 3. The molecule has 0 fully saturated rings. The highest BCUT2D eigenvalue weighted by Gasteiger charge is 2.32. The Labute approximate surface area is 284 Å². The van der Waals surface area contributed by atoms with Crippen molar-refractivity contribution in [2.45, 2.75) is 44.9 Å². The summed E-state index contributed by atoms with van der Waals surface area (Å²) in [4.78, 5) is 1.08. The van der Waals surface area contributed by atoms with Gasteiger partial charge in [0.15, 0.2) is 23.0 Å². The number of benzene rings is 4. The number of thiocarbonyl (C=S) groups is 1. The van der Waals surface area contributed by atoms with Gasteiger partial charge < -0.3 is 28.4 Å². The maximum absolute atomic E-state index is 5.87. The minimum atomic E-state index is 0.129. The topological polar surface area (TPSA) is 86.1 Å². The van der Waals surface area contributed by atoms with Gasteiger partial charge >= 0.3 is 0 Å². The second kappa shape index (κ2) is 12.8. The van der Waals surface area contributed by atoms with Crippen molar-refractivity contribution < 1.29 is 28.4 Å². The van der Waals surface area contributed by atoms with Crippen LogP contribution in [0.15, 0.2) is 79.1 Å². The van der Waals surface area contributed by atoms with Crippen LogP contribution in [0.4, 0.5) is 0 Å². The summed E-state index contributed by atoms with van der Waals surface area (Å²) in [6.45, 7) is 5.85. The molecule has 1 aromatic heterocycles. The van der Waals surface area contributed by atoms with Gasteiger partial charge in [-0.05, 0) is 72.2 Å². The number of ether oxygens (including phenoxy) is 6. The predicted molar refractivity (Wildman–Crippen MR) is 184 cm³/mol. The molecule has 4 aromatic carbocycles. The average Bonchev–Trinajstić information content (AvgIpc) is 3.88. The summed E-state index contributed by atoms with van der Waals surface area (Å²) in [5, 5.41) is 8.39. The average molecular weight is 662 g/mol. The van der Waals surface area contributed by atoms with Crippen LogP contribution in [0.5, 0.6) is 34.5 Å². The number of aromatic nitrogens is 3. The molecule has 1 aliphatic carbocycles. The van der Waals surface area contributed by atoms with Crippen molar-refractivity contribution in [1.29, 1.82) is 0 Å². The molecule has 3 aliphatic heterocycles. The largest absolute Gasteiger partial charge is 0.494 e. The molecule has 4 heterocycles. The van der Waals surface area contributed by atoms with Crippen molar-refractivity contribution in [1.82, 2.24) is 14.8 Å². The lowest BCUT2D eigenvalue weighted by atomic mass is 9.78. The van der Waals surface area contributed by atoms with Gasteiger partial charge in [-0.3, -0.25) is 4.57 Å². The molecule has 0 saturated heterocycles. The predicted octanol–water partition coefficient (Wildman–Crippen LogP) is 7.34. The van der Waals surface area contributed by atoms with Gasteiger partial charge in [0.05, 0.1) is 18.9 Å². The second-order valence-electron chi connectivity index (χ2n) is 12.0. The lowest BCUT2D eigenvalue weighted by molar-refractivity contribution is 0.173. The molecule has 2 atom stereocenters. The number of rotatable bonds is 6. The first-order valence-electron chi connectivity index (χ1n) is 16.3. The van der Waals surface area contributed by atoms with Crippen molar-refractivity contribution in [3.63, 3.8) is 0 Å². The highest BCUT2D eigenvalue weighted by Crippen LogP contribution is 2.47. The number of fused-ring (bicyclic) bond motifs is 6. The molecule has 0 saturated carbocycles. The molecule has 244 valence electrons. The number of hydrogen-bond donors (Lipinski definition) is 0. The summed E-state index contributed by atoms with van der Waals surface area (Å²) < 4.78 is 36.0. The van der Waals surface area contributed by atoms with Crippen LogP contribution in [0.3, 0.4) is 0 Å². The zero-order valence-electron chi connectivity index (χ0n) is 26.8. The molecular weight excluding hydrogens is 627 g/mol. The van der Waals surface area contributed by atoms with E-state index in [0.717, 1.165) is 75.7 Å². The molecule has 4 aliphatic rings. The van der Waals surface area contributed by atoms with Gasteiger partial charge in [-0.25, -0.2) is 0 Å². The van der Waals surface area contributed by atoms with Crippen molar-refractivity contribution in [3.8, 4) is 40.2 Å². The second-order valence-corrected chi connectivity index (χ2v) is 12.5. The van der Waals surface area contributed by atoms with Gasteiger partial charge in [0.1, 0.15) is 23.7 Å². The Morgan fingerprint density at radius 3 is 1.92 bits per heavy atom. The van der Waals surface area contributed by atoms with E-state index in [9.17, 15) is 0 Å². The summed E-state index contributed by atoms with van der Waals surface area (Å²) in [7, 11) is 0. The fourth-order valence-corrected chi connectivity index (χ4v) is 7.41. The lowest BCUT2D eigenvalue weighted by Crippen LogP contribution is -2.19. The summed E-state index contributed by atoms with van der Waals surface area (Å²) in [6, 6.07) is 24.7. The van der Waals surface area contributed by atoms with Crippen molar-refractivity contribution >= 4 is 17.1 Å². The van der Waals surface area contributed by atoms with E-state index in [-0.39, 0.29) is 18.6 Å². The molecule has 9 rings (SSSR count). The SMILES string of the molecule is CCOc1ccccc1C1CC(=S)Cc2cc3c(cc21)OCO3.CCOc1ccccc1C1Cc2nncn2-c2cc3c(cc21)OCO3. The van der Waals surface area contributed by atoms with E-state index in [0.29, 0.717) is 20.0 Å². The summed E-state index contributed by atoms with van der Waals surface area (Å²) >= 11 is 5.58. The molecule has 48 heavy (non-hydrogen) atoms. The molecule has 2 unspecified atom stereocenters. The standard InChI is InChI=1S/C19H17N3O3.C19H18O3S/c1-2-23-16-6-4-3-5-12(16)13-8-19-21-20-10-22(19)15-9-18-17(7-14(13)15)24-11-25-18;1-2-20-17-6-4-3-5-14(17)16-9-13(23)7-12-8-18-19(10-15(12)16)22-11-21-18/h3-7,9-10,13H,2,8,11H2,1H3;3-6,8,10,16H,2,7,9,11H2,1H3. The monoisotopic (exact) mass is 661 g/mol. The minimum absolute atomic E-state index is 0.129. The van der Waals surface area contributed by atoms with Gasteiger partial charge in [-0.1, -0.05) is 48.6 Å². The van der Waals surface area contributed by atoms with Gasteiger partial charge in [0.25, 0.3) is 0 Å². The van der Waals surface area contributed by atoms with E-state index >= 15 is 0 Å². The highest BCUT2D eigenvalue weighted by molar-refractivity contribution is 7.80. The third-order valence-corrected chi connectivity index (χ3v) is 9.49. The van der Waals surface area contributed by atoms with E-state index in [1.165, 1.54) is 22.3 Å². The van der Waals surface area contributed by atoms with Crippen molar-refractivity contribution in [3.05, 3.63) is 113 Å². The Balaban J connectivity index is 0.000000141. The van der Waals surface area contributed by atoms with Crippen LogP contribution in [0, 0.1) is 0 Å². The molecule has 0 radical (unpaired) electrons. The Hall–Kier alpha value is -5.09. The summed E-state index contributed by atoms with van der Waals surface area (Å²) in [5.74, 6) is 6.32. The first-order chi connectivity index (χ1) is 23.6. The lowest BCUT2D eigenvalue weighted by Gasteiger charge is -2.28. The van der Waals surface area contributed by atoms with Crippen LogP contribution in [0.25, 0.3) is 5.69 Å². The molecule has 9 nitrogen and oxygen atoms in total. The highest BCUT2D eigenvalue weighted by atomic mass is 32.1. The molecular formula is C38H35N3O6S. The summed E-state index contributed by atoms with van der Waals surface area (Å²) in [5.41, 5.74) is 7.06. The maximum Gasteiger partial charge on any atom is 0.231 e. The van der Waals surface area contributed by atoms with Crippen LogP contribution in [0.1, 0.15) is 65.7 Å². The van der Waals surface area contributed by atoms with E-state index in [1.807, 2.05) is 54.8 Å². The minimum Gasteiger partial charge on any atom is -0.494 e. The Morgan fingerprint density at radius 2 is 1.27 bits per heavy atom. The van der Waals surface area contributed by atoms with Gasteiger partial charge in [0.2, 0.25) is 13.6 Å². The van der Waals surface area contributed by atoms with Crippen LogP contribution in [-0.4, -0.2) is 46.4 Å². The zero-order valence-corrected chi connectivity index (χ0v) is 27.6. The third kappa shape index (κ3) is 5.49. The fraction of sp³-hybridized carbons (Fsp3) is 0.289. The van der Waals surface area contributed by atoms with Crippen LogP contribution in [0.2, 0.25) is 0 Å². The molecule has 0 spiro atoms. The van der Waals surface area contributed by atoms with Gasteiger partial charge in [0, 0.05) is 41.9 Å². The van der Waals surface area contributed by atoms with Gasteiger partial charge in [-0.2, -0.15) is 0 Å². The van der Waals surface area contributed by atoms with Crippen LogP contribution in [-0.2, 0) is 12.8 Å². The van der Waals surface area contributed by atoms with Crippen molar-refractivity contribution in [2.75, 3.05) is 26.8 Å². The van der Waals surface area contributed by atoms with E-state index in [2.05, 4.69) is 46.6 Å². The fourth-order valence-electron chi connectivity index (χ4n) is 7.09. The smallest absolute Gasteiger partial charge is 0.231 e. The quantitative estimate of drug-likeness (QED) is 0.174. The molecule has 0 bridgehead atoms. The molecule has 10 heteroatoms. The Bertz CT molecular complexity index is 2010. The maximum atomic E-state index is 5.87. The third-order valence-electron chi connectivity index (χ3n) is 9.18. The van der Waals surface area contributed by atoms with E-state index in [4.69, 9.17) is 40.6 Å².